The standard InChI is InChI=1S/C12H9ClN6S/c13-6-1-2-8(7(3-6)10(14)15)20-12-9-11(17-4-16-9)18-5-19-12/h1-5H,(H3,14,15)(H,16,17,18,19). The molecule has 0 aliphatic carbocycles. The Labute approximate surface area is 123 Å². The lowest BCUT2D eigenvalue weighted by Crippen LogP contribution is -2.12. The van der Waals surface area contributed by atoms with Crippen LogP contribution in [0.25, 0.3) is 11.2 Å². The van der Waals surface area contributed by atoms with Crippen LogP contribution in [0.4, 0.5) is 0 Å². The van der Waals surface area contributed by atoms with Gasteiger partial charge in [-0.3, -0.25) is 5.41 Å². The molecule has 8 heteroatoms. The van der Waals surface area contributed by atoms with Crippen molar-refractivity contribution in [2.24, 2.45) is 5.73 Å². The van der Waals surface area contributed by atoms with Crippen LogP contribution in [0.5, 0.6) is 0 Å². The number of nitrogens with zero attached hydrogens (tertiary/aromatic N) is 3. The summed E-state index contributed by atoms with van der Waals surface area (Å²) in [6.07, 6.45) is 3.02. The van der Waals surface area contributed by atoms with E-state index in [4.69, 9.17) is 22.7 Å². The van der Waals surface area contributed by atoms with E-state index >= 15 is 0 Å². The number of nitrogen functional groups attached to an aromatic ring is 1. The highest BCUT2D eigenvalue weighted by Gasteiger charge is 2.12. The summed E-state index contributed by atoms with van der Waals surface area (Å²) < 4.78 is 0. The monoisotopic (exact) mass is 304 g/mol. The van der Waals surface area contributed by atoms with Crippen molar-refractivity contribution < 1.29 is 0 Å². The number of benzene rings is 1. The Kier molecular flexibility index (Phi) is 3.29. The average Bonchev–Trinajstić information content (AvgIpc) is 2.90. The van der Waals surface area contributed by atoms with Crippen LogP contribution in [0.1, 0.15) is 5.56 Å². The summed E-state index contributed by atoms with van der Waals surface area (Å²) in [6, 6.07) is 5.23. The summed E-state index contributed by atoms with van der Waals surface area (Å²) in [5, 5.41) is 8.88. The number of amidine groups is 1. The van der Waals surface area contributed by atoms with Crippen LogP contribution < -0.4 is 5.73 Å². The summed E-state index contributed by atoms with van der Waals surface area (Å²) in [7, 11) is 0. The highest BCUT2D eigenvalue weighted by molar-refractivity contribution is 7.99. The average molecular weight is 305 g/mol. The molecule has 0 saturated carbocycles. The maximum atomic E-state index is 7.62. The lowest BCUT2D eigenvalue weighted by atomic mass is 10.2. The Morgan fingerprint density at radius 1 is 1.30 bits per heavy atom. The number of imidazole rings is 1. The first-order chi connectivity index (χ1) is 9.65. The SMILES string of the molecule is N=C(N)c1cc(Cl)ccc1Sc1ncnc2nc[nH]c12. The smallest absolute Gasteiger partial charge is 0.181 e. The van der Waals surface area contributed by atoms with Crippen molar-refractivity contribution in [2.45, 2.75) is 9.92 Å². The van der Waals surface area contributed by atoms with E-state index in [9.17, 15) is 0 Å². The molecular weight excluding hydrogens is 296 g/mol. The quantitative estimate of drug-likeness (QED) is 0.391. The predicted molar refractivity (Wildman–Crippen MR) is 78.3 cm³/mol. The molecule has 0 amide bonds. The van der Waals surface area contributed by atoms with Gasteiger partial charge in [-0.25, -0.2) is 15.0 Å². The molecule has 3 aromatic rings. The van der Waals surface area contributed by atoms with Crippen molar-refractivity contribution in [1.29, 1.82) is 5.41 Å². The molecule has 0 aliphatic rings. The summed E-state index contributed by atoms with van der Waals surface area (Å²) >= 11 is 7.32. The fourth-order valence-electron chi connectivity index (χ4n) is 1.73. The van der Waals surface area contributed by atoms with Gasteiger partial charge < -0.3 is 10.7 Å². The minimum absolute atomic E-state index is 0.0371. The number of fused-ring (bicyclic) bond motifs is 1. The molecule has 20 heavy (non-hydrogen) atoms. The number of nitrogens with two attached hydrogens (primary N) is 1. The fraction of sp³-hybridized carbons (Fsp3) is 0. The number of nitrogens with one attached hydrogen (secondary N) is 2. The lowest BCUT2D eigenvalue weighted by Gasteiger charge is -2.08. The molecule has 100 valence electrons. The molecule has 0 aliphatic heterocycles. The second kappa shape index (κ2) is 5.10. The first kappa shape index (κ1) is 12.9. The zero-order valence-electron chi connectivity index (χ0n) is 10.1. The van der Waals surface area contributed by atoms with Crippen molar-refractivity contribution in [3.05, 3.63) is 41.4 Å². The minimum atomic E-state index is -0.0371. The molecule has 1 aromatic carbocycles. The van der Waals surface area contributed by atoms with Gasteiger partial charge in [-0.1, -0.05) is 23.4 Å². The molecule has 0 atom stereocenters. The molecule has 0 radical (unpaired) electrons. The van der Waals surface area contributed by atoms with Crippen LogP contribution >= 0.6 is 23.4 Å². The number of rotatable bonds is 3. The first-order valence-corrected chi connectivity index (χ1v) is 6.80. The van der Waals surface area contributed by atoms with Gasteiger partial charge in [0, 0.05) is 15.5 Å². The fourth-order valence-corrected chi connectivity index (χ4v) is 2.87. The van der Waals surface area contributed by atoms with Gasteiger partial charge in [-0.15, -0.1) is 0 Å². The molecule has 0 bridgehead atoms. The lowest BCUT2D eigenvalue weighted by molar-refractivity contribution is 1.08. The van der Waals surface area contributed by atoms with Crippen LogP contribution in [-0.2, 0) is 0 Å². The van der Waals surface area contributed by atoms with Gasteiger partial charge in [0.15, 0.2) is 5.65 Å². The maximum absolute atomic E-state index is 7.62. The van der Waals surface area contributed by atoms with E-state index in [1.165, 1.54) is 18.1 Å². The van der Waals surface area contributed by atoms with Gasteiger partial charge in [-0.2, -0.15) is 0 Å². The number of H-pyrrole nitrogens is 1. The van der Waals surface area contributed by atoms with Gasteiger partial charge in [0.1, 0.15) is 22.7 Å². The van der Waals surface area contributed by atoms with E-state index in [0.717, 1.165) is 15.4 Å². The van der Waals surface area contributed by atoms with Crippen LogP contribution in [0.3, 0.4) is 0 Å². The van der Waals surface area contributed by atoms with Gasteiger partial charge in [0.25, 0.3) is 0 Å². The molecule has 2 aromatic heterocycles. The van der Waals surface area contributed by atoms with Crippen molar-refractivity contribution in [2.75, 3.05) is 0 Å². The van der Waals surface area contributed by atoms with Crippen molar-refractivity contribution in [3.63, 3.8) is 0 Å². The Hall–Kier alpha value is -2.12. The van der Waals surface area contributed by atoms with Crippen LogP contribution in [0.15, 0.2) is 40.8 Å². The van der Waals surface area contributed by atoms with E-state index in [1.54, 1.807) is 18.5 Å². The summed E-state index contributed by atoms with van der Waals surface area (Å²) in [5.74, 6) is -0.0371. The normalized spacial score (nSPS) is 10.8. The third kappa shape index (κ3) is 2.33. The molecule has 4 N–H and O–H groups in total. The number of hydrogen-bond donors (Lipinski definition) is 3. The maximum Gasteiger partial charge on any atom is 0.181 e. The Morgan fingerprint density at radius 2 is 2.15 bits per heavy atom. The zero-order chi connectivity index (χ0) is 14.1. The van der Waals surface area contributed by atoms with E-state index in [1.807, 2.05) is 6.07 Å². The Morgan fingerprint density at radius 3 is 2.95 bits per heavy atom. The highest BCUT2D eigenvalue weighted by Crippen LogP contribution is 2.33. The van der Waals surface area contributed by atoms with Gasteiger partial charge in [0.05, 0.1) is 6.33 Å². The van der Waals surface area contributed by atoms with Gasteiger partial charge in [0.2, 0.25) is 0 Å². The van der Waals surface area contributed by atoms with Crippen LogP contribution in [0.2, 0.25) is 5.02 Å². The summed E-state index contributed by atoms with van der Waals surface area (Å²) in [4.78, 5) is 16.2. The van der Waals surface area contributed by atoms with Crippen LogP contribution in [-0.4, -0.2) is 25.8 Å². The number of aromatic amines is 1. The molecule has 0 fully saturated rings. The van der Waals surface area contributed by atoms with E-state index < -0.39 is 0 Å². The van der Waals surface area contributed by atoms with Crippen LogP contribution in [0, 0.1) is 5.41 Å². The van der Waals surface area contributed by atoms with E-state index in [0.29, 0.717) is 16.2 Å². The Bertz CT molecular complexity index is 799. The largest absolute Gasteiger partial charge is 0.384 e. The van der Waals surface area contributed by atoms with Crippen molar-refractivity contribution in [3.8, 4) is 0 Å². The number of halogens is 1. The van der Waals surface area contributed by atoms with Crippen molar-refractivity contribution in [1.82, 2.24) is 19.9 Å². The number of aromatic nitrogens is 4. The predicted octanol–water partition coefficient (Wildman–Crippen LogP) is 2.44. The minimum Gasteiger partial charge on any atom is -0.384 e. The first-order valence-electron chi connectivity index (χ1n) is 5.61. The van der Waals surface area contributed by atoms with E-state index in [-0.39, 0.29) is 5.84 Å². The molecule has 6 nitrogen and oxygen atoms in total. The molecule has 3 rings (SSSR count). The van der Waals surface area contributed by atoms with E-state index in [2.05, 4.69) is 19.9 Å². The second-order valence-corrected chi connectivity index (χ2v) is 5.40. The third-order valence-corrected chi connectivity index (χ3v) is 3.94. The molecule has 0 unspecified atom stereocenters. The molecule has 0 spiro atoms. The Balaban J connectivity index is 2.07. The molecular formula is C12H9ClN6S. The third-order valence-electron chi connectivity index (χ3n) is 2.63. The highest BCUT2D eigenvalue weighted by atomic mass is 35.5. The topological polar surface area (TPSA) is 104 Å². The summed E-state index contributed by atoms with van der Waals surface area (Å²) in [5.41, 5.74) is 7.52. The zero-order valence-corrected chi connectivity index (χ0v) is 11.7. The van der Waals surface area contributed by atoms with Gasteiger partial charge >= 0.3 is 0 Å². The molecule has 2 heterocycles. The summed E-state index contributed by atoms with van der Waals surface area (Å²) in [6.45, 7) is 0. The second-order valence-electron chi connectivity index (χ2n) is 3.94. The number of hydrogen-bond acceptors (Lipinski definition) is 5. The van der Waals surface area contributed by atoms with Gasteiger partial charge in [-0.05, 0) is 18.2 Å². The molecule has 0 saturated heterocycles. The van der Waals surface area contributed by atoms with Crippen molar-refractivity contribution >= 4 is 40.4 Å².